The summed E-state index contributed by atoms with van der Waals surface area (Å²) in [4.78, 5) is 15.1. The van der Waals surface area contributed by atoms with Crippen LogP contribution >= 0.6 is 39.0 Å². The number of hydrogen-bond donors (Lipinski definition) is 0. The predicted molar refractivity (Wildman–Crippen MR) is 110 cm³/mol. The second-order valence-corrected chi connectivity index (χ2v) is 8.61. The lowest BCUT2D eigenvalue weighted by Crippen LogP contribution is -2.28. The van der Waals surface area contributed by atoms with Gasteiger partial charge in [0.2, 0.25) is 10.9 Å². The van der Waals surface area contributed by atoms with Crippen molar-refractivity contribution in [3.8, 4) is 0 Å². The largest absolute Gasteiger partial charge is 0.341 e. The van der Waals surface area contributed by atoms with Gasteiger partial charge < -0.3 is 4.90 Å². The van der Waals surface area contributed by atoms with E-state index in [0.29, 0.717) is 12.3 Å². The Morgan fingerprint density at radius 1 is 1.19 bits per heavy atom. The summed E-state index contributed by atoms with van der Waals surface area (Å²) >= 11 is 6.55. The van der Waals surface area contributed by atoms with E-state index in [1.165, 1.54) is 11.8 Å². The second kappa shape index (κ2) is 7.38. The molecule has 2 heterocycles. The summed E-state index contributed by atoms with van der Waals surface area (Å²) in [6, 6.07) is 16.1. The summed E-state index contributed by atoms with van der Waals surface area (Å²) in [5.74, 6) is 0.383. The highest BCUT2D eigenvalue weighted by Gasteiger charge is 2.16. The number of carbonyl (C=O) groups is 1. The first-order chi connectivity index (χ1) is 12.6. The van der Waals surface area contributed by atoms with Crippen molar-refractivity contribution in [2.24, 2.45) is 0 Å². The first-order valence-electron chi connectivity index (χ1n) is 7.96. The molecule has 1 amide bonds. The Morgan fingerprint density at radius 2 is 1.96 bits per heavy atom. The molecule has 0 unspecified atom stereocenters. The highest BCUT2D eigenvalue weighted by Crippen LogP contribution is 2.29. The maximum absolute atomic E-state index is 12.5. The molecule has 0 saturated carbocycles. The Morgan fingerprint density at radius 3 is 2.81 bits per heavy atom. The Kier molecular flexibility index (Phi) is 4.97. The monoisotopic (exact) mass is 446 g/mol. The Bertz CT molecular complexity index is 1090. The van der Waals surface area contributed by atoms with Crippen molar-refractivity contribution in [3.05, 3.63) is 58.6 Å². The zero-order valence-electron chi connectivity index (χ0n) is 13.9. The lowest BCUT2D eigenvalue weighted by atomic mass is 10.2. The summed E-state index contributed by atoms with van der Waals surface area (Å²) in [7, 11) is 1.82. The lowest BCUT2D eigenvalue weighted by molar-refractivity contribution is -0.127. The first kappa shape index (κ1) is 17.5. The Labute approximate surface area is 167 Å². The van der Waals surface area contributed by atoms with E-state index in [4.69, 9.17) is 0 Å². The lowest BCUT2D eigenvalue weighted by Gasteiger charge is -2.17. The number of thioether (sulfide) groups is 1. The van der Waals surface area contributed by atoms with Crippen LogP contribution in [0.5, 0.6) is 0 Å². The minimum Gasteiger partial charge on any atom is -0.341 e. The average Bonchev–Trinajstić information content (AvgIpc) is 3.20. The molecule has 0 aliphatic heterocycles. The molecule has 0 saturated heterocycles. The summed E-state index contributed by atoms with van der Waals surface area (Å²) in [6.45, 7) is 0.567. The second-order valence-electron chi connectivity index (χ2n) is 5.80. The van der Waals surface area contributed by atoms with Crippen LogP contribution in [-0.4, -0.2) is 38.2 Å². The zero-order chi connectivity index (χ0) is 18.1. The van der Waals surface area contributed by atoms with E-state index in [1.54, 1.807) is 16.2 Å². The molecule has 0 N–H and O–H groups in total. The molecule has 2 aromatic carbocycles. The summed E-state index contributed by atoms with van der Waals surface area (Å²) in [6.07, 6.45) is 0. The summed E-state index contributed by atoms with van der Waals surface area (Å²) in [5, 5.41) is 9.23. The van der Waals surface area contributed by atoms with Crippen LogP contribution in [0.15, 0.2) is 58.2 Å². The van der Waals surface area contributed by atoms with Gasteiger partial charge in [0, 0.05) is 18.1 Å². The van der Waals surface area contributed by atoms with Crippen molar-refractivity contribution in [1.82, 2.24) is 19.5 Å². The fourth-order valence-corrected chi connectivity index (χ4v) is 4.97. The highest BCUT2D eigenvalue weighted by atomic mass is 79.9. The van der Waals surface area contributed by atoms with Crippen LogP contribution in [0.1, 0.15) is 5.56 Å². The molecule has 132 valence electrons. The Balaban J connectivity index is 1.47. The van der Waals surface area contributed by atoms with Gasteiger partial charge in [-0.15, -0.1) is 10.2 Å². The van der Waals surface area contributed by atoms with Crippen molar-refractivity contribution >= 4 is 60.1 Å². The van der Waals surface area contributed by atoms with Crippen LogP contribution < -0.4 is 0 Å². The number of nitrogens with zero attached hydrogens (tertiary/aromatic N) is 4. The minimum atomic E-state index is 0.0574. The van der Waals surface area contributed by atoms with Crippen molar-refractivity contribution in [1.29, 1.82) is 0 Å². The van der Waals surface area contributed by atoms with Gasteiger partial charge in [-0.25, -0.2) is 0 Å². The van der Waals surface area contributed by atoms with Gasteiger partial charge in [0.25, 0.3) is 0 Å². The SMILES string of the molecule is CN(Cc1ccccc1Br)C(=O)CSc1nnc2sc3ccccc3n12. The van der Waals surface area contributed by atoms with Crippen LogP contribution in [0, 0.1) is 0 Å². The normalized spacial score (nSPS) is 11.3. The van der Waals surface area contributed by atoms with Gasteiger partial charge in [0.15, 0.2) is 5.16 Å². The van der Waals surface area contributed by atoms with E-state index in [-0.39, 0.29) is 5.91 Å². The van der Waals surface area contributed by atoms with Crippen LogP contribution in [-0.2, 0) is 11.3 Å². The van der Waals surface area contributed by atoms with E-state index in [1.807, 2.05) is 53.9 Å². The van der Waals surface area contributed by atoms with E-state index in [9.17, 15) is 4.79 Å². The van der Waals surface area contributed by atoms with E-state index in [2.05, 4.69) is 32.2 Å². The van der Waals surface area contributed by atoms with E-state index in [0.717, 1.165) is 30.4 Å². The summed E-state index contributed by atoms with van der Waals surface area (Å²) in [5.41, 5.74) is 2.16. The van der Waals surface area contributed by atoms with Gasteiger partial charge >= 0.3 is 0 Å². The predicted octanol–water partition coefficient (Wildman–Crippen LogP) is 4.46. The third kappa shape index (κ3) is 3.36. The zero-order valence-corrected chi connectivity index (χ0v) is 17.1. The average molecular weight is 447 g/mol. The molecule has 0 spiro atoms. The molecule has 5 nitrogen and oxygen atoms in total. The van der Waals surface area contributed by atoms with Gasteiger partial charge in [-0.2, -0.15) is 0 Å². The number of benzene rings is 2. The van der Waals surface area contributed by atoms with Gasteiger partial charge in [-0.05, 0) is 23.8 Å². The minimum absolute atomic E-state index is 0.0574. The number of halogens is 1. The third-order valence-electron chi connectivity index (χ3n) is 4.03. The molecule has 0 radical (unpaired) electrons. The maximum atomic E-state index is 12.5. The molecule has 0 aliphatic rings. The fraction of sp³-hybridized carbons (Fsp3) is 0.167. The number of para-hydroxylation sites is 1. The molecule has 4 aromatic rings. The number of fused-ring (bicyclic) bond motifs is 3. The maximum Gasteiger partial charge on any atom is 0.233 e. The fourth-order valence-electron chi connectivity index (χ4n) is 2.66. The number of carbonyl (C=O) groups excluding carboxylic acids is 1. The quantitative estimate of drug-likeness (QED) is 0.424. The summed E-state index contributed by atoms with van der Waals surface area (Å²) < 4.78 is 4.19. The van der Waals surface area contributed by atoms with Gasteiger partial charge in [-0.1, -0.05) is 69.4 Å². The van der Waals surface area contributed by atoms with Crippen molar-refractivity contribution in [3.63, 3.8) is 0 Å². The molecule has 4 rings (SSSR count). The molecule has 0 aliphatic carbocycles. The Hall–Kier alpha value is -1.90. The number of rotatable bonds is 5. The molecule has 8 heteroatoms. The molecule has 0 bridgehead atoms. The molecular weight excluding hydrogens is 432 g/mol. The third-order valence-corrected chi connectivity index (χ3v) is 6.73. The van der Waals surface area contributed by atoms with Gasteiger partial charge in [0.05, 0.1) is 16.0 Å². The van der Waals surface area contributed by atoms with Crippen LogP contribution in [0.4, 0.5) is 0 Å². The van der Waals surface area contributed by atoms with Gasteiger partial charge in [-0.3, -0.25) is 9.20 Å². The molecular formula is C18H15BrN4OS2. The van der Waals surface area contributed by atoms with E-state index < -0.39 is 0 Å². The molecule has 26 heavy (non-hydrogen) atoms. The number of thiazole rings is 1. The van der Waals surface area contributed by atoms with Crippen molar-refractivity contribution in [2.75, 3.05) is 12.8 Å². The number of hydrogen-bond acceptors (Lipinski definition) is 5. The van der Waals surface area contributed by atoms with E-state index >= 15 is 0 Å². The van der Waals surface area contributed by atoms with Crippen LogP contribution in [0.25, 0.3) is 15.2 Å². The standard InChI is InChI=1S/C18H15BrN4OS2/c1-22(10-12-6-2-3-7-13(12)19)16(24)11-25-17-20-21-18-23(17)14-8-4-5-9-15(14)26-18/h2-9H,10-11H2,1H3. The first-order valence-corrected chi connectivity index (χ1v) is 10.6. The van der Waals surface area contributed by atoms with Crippen LogP contribution in [0.2, 0.25) is 0 Å². The number of amides is 1. The topological polar surface area (TPSA) is 50.5 Å². The van der Waals surface area contributed by atoms with Crippen molar-refractivity contribution in [2.45, 2.75) is 11.7 Å². The van der Waals surface area contributed by atoms with Crippen LogP contribution in [0.3, 0.4) is 0 Å². The molecule has 0 atom stereocenters. The van der Waals surface area contributed by atoms with Crippen molar-refractivity contribution < 1.29 is 4.79 Å². The smallest absolute Gasteiger partial charge is 0.233 e. The molecule has 0 fully saturated rings. The number of aromatic nitrogens is 3. The molecule has 2 aromatic heterocycles. The highest BCUT2D eigenvalue weighted by molar-refractivity contribution is 9.10. The van der Waals surface area contributed by atoms with Gasteiger partial charge in [0.1, 0.15) is 0 Å².